The van der Waals surface area contributed by atoms with Crippen LogP contribution in [0.25, 0.3) is 0 Å². The summed E-state index contributed by atoms with van der Waals surface area (Å²) < 4.78 is 23.0. The average Bonchev–Trinajstić information content (AvgIpc) is 2.34. The minimum absolute atomic E-state index is 0.0123. The van der Waals surface area contributed by atoms with Gasteiger partial charge < -0.3 is 0 Å². The summed E-state index contributed by atoms with van der Waals surface area (Å²) in [6.45, 7) is 2.15. The minimum Gasteiger partial charge on any atom is -0.271 e. The largest absolute Gasteiger partial charge is 0.271 e. The zero-order valence-corrected chi connectivity index (χ0v) is 11.8. The maximum absolute atomic E-state index is 11.5. The van der Waals surface area contributed by atoms with Gasteiger partial charge in [0, 0.05) is 12.3 Å². The molecule has 0 aliphatic carbocycles. The Balaban J connectivity index is 2.86. The monoisotopic (exact) mass is 270 g/mol. The van der Waals surface area contributed by atoms with Crippen molar-refractivity contribution >= 4 is 9.84 Å². The lowest BCUT2D eigenvalue weighted by Crippen LogP contribution is -2.28. The Hall–Kier alpha value is -0.910. The highest BCUT2D eigenvalue weighted by atomic mass is 32.2. The van der Waals surface area contributed by atoms with E-state index in [9.17, 15) is 8.42 Å². The molecule has 0 saturated heterocycles. The quantitative estimate of drug-likeness (QED) is 0.452. The van der Waals surface area contributed by atoms with Gasteiger partial charge in [0.15, 0.2) is 9.84 Å². The van der Waals surface area contributed by atoms with Gasteiger partial charge in [-0.05, 0) is 24.1 Å². The SMILES string of the molecule is CCCCCC(NN)c1cccc(S(C)(=O)=O)c1. The molecular formula is C13H22N2O2S. The molecule has 0 radical (unpaired) electrons. The van der Waals surface area contributed by atoms with Crippen LogP contribution in [0, 0.1) is 0 Å². The number of sulfone groups is 1. The van der Waals surface area contributed by atoms with Crippen LogP contribution >= 0.6 is 0 Å². The van der Waals surface area contributed by atoms with E-state index in [-0.39, 0.29) is 6.04 Å². The Morgan fingerprint density at radius 1 is 1.33 bits per heavy atom. The van der Waals surface area contributed by atoms with Crippen LogP contribution in [-0.2, 0) is 9.84 Å². The fourth-order valence-corrected chi connectivity index (χ4v) is 2.58. The molecular weight excluding hydrogens is 248 g/mol. The molecule has 0 spiro atoms. The van der Waals surface area contributed by atoms with Crippen LogP contribution in [0.2, 0.25) is 0 Å². The number of hydrogen-bond donors (Lipinski definition) is 2. The standard InChI is InChI=1S/C13H22N2O2S/c1-3-4-5-9-13(15-14)11-7-6-8-12(10-11)18(2,16)17/h6-8,10,13,15H,3-5,9,14H2,1-2H3. The Bertz CT molecular complexity index is 472. The fourth-order valence-electron chi connectivity index (χ4n) is 1.91. The first-order valence-corrected chi connectivity index (χ1v) is 8.14. The molecule has 5 heteroatoms. The summed E-state index contributed by atoms with van der Waals surface area (Å²) in [5.74, 6) is 5.55. The van der Waals surface area contributed by atoms with E-state index in [4.69, 9.17) is 5.84 Å². The van der Waals surface area contributed by atoms with Gasteiger partial charge >= 0.3 is 0 Å². The molecule has 1 unspecified atom stereocenters. The van der Waals surface area contributed by atoms with Crippen molar-refractivity contribution in [2.24, 2.45) is 5.84 Å². The third-order valence-electron chi connectivity index (χ3n) is 2.99. The molecule has 4 nitrogen and oxygen atoms in total. The van der Waals surface area contributed by atoms with E-state index < -0.39 is 9.84 Å². The van der Waals surface area contributed by atoms with Crippen molar-refractivity contribution in [2.45, 2.75) is 43.5 Å². The maximum Gasteiger partial charge on any atom is 0.175 e. The van der Waals surface area contributed by atoms with Crippen molar-refractivity contribution < 1.29 is 8.42 Å². The number of hydrogen-bond acceptors (Lipinski definition) is 4. The number of nitrogens with one attached hydrogen (secondary N) is 1. The molecule has 0 aromatic heterocycles. The highest BCUT2D eigenvalue weighted by Crippen LogP contribution is 2.21. The summed E-state index contributed by atoms with van der Waals surface area (Å²) in [5.41, 5.74) is 3.69. The second-order valence-electron chi connectivity index (χ2n) is 4.56. The molecule has 0 aliphatic rings. The second-order valence-corrected chi connectivity index (χ2v) is 6.58. The molecule has 0 bridgehead atoms. The first-order valence-electron chi connectivity index (χ1n) is 6.25. The third-order valence-corrected chi connectivity index (χ3v) is 4.10. The van der Waals surface area contributed by atoms with E-state index in [1.165, 1.54) is 6.26 Å². The molecule has 102 valence electrons. The second kappa shape index (κ2) is 6.87. The molecule has 0 amide bonds. The van der Waals surface area contributed by atoms with Gasteiger partial charge in [0.05, 0.1) is 4.90 Å². The van der Waals surface area contributed by atoms with Crippen molar-refractivity contribution in [1.29, 1.82) is 0 Å². The Morgan fingerprint density at radius 2 is 2.06 bits per heavy atom. The number of nitrogens with two attached hydrogens (primary N) is 1. The van der Waals surface area contributed by atoms with Crippen LogP contribution in [0.3, 0.4) is 0 Å². The van der Waals surface area contributed by atoms with Crippen LogP contribution < -0.4 is 11.3 Å². The zero-order valence-electron chi connectivity index (χ0n) is 11.0. The lowest BCUT2D eigenvalue weighted by Gasteiger charge is -2.16. The fraction of sp³-hybridized carbons (Fsp3) is 0.538. The maximum atomic E-state index is 11.5. The van der Waals surface area contributed by atoms with Gasteiger partial charge in [-0.15, -0.1) is 0 Å². The smallest absolute Gasteiger partial charge is 0.175 e. The molecule has 0 saturated carbocycles. The van der Waals surface area contributed by atoms with Gasteiger partial charge in [0.2, 0.25) is 0 Å². The molecule has 0 fully saturated rings. The van der Waals surface area contributed by atoms with E-state index >= 15 is 0 Å². The predicted molar refractivity (Wildman–Crippen MR) is 73.8 cm³/mol. The average molecular weight is 270 g/mol. The normalized spacial score (nSPS) is 13.5. The Kier molecular flexibility index (Phi) is 5.78. The van der Waals surface area contributed by atoms with Crippen LogP contribution in [0.4, 0.5) is 0 Å². The van der Waals surface area contributed by atoms with Crippen LogP contribution in [0.5, 0.6) is 0 Å². The number of rotatable bonds is 7. The predicted octanol–water partition coefficient (Wildman–Crippen LogP) is 2.17. The lowest BCUT2D eigenvalue weighted by atomic mass is 10.0. The highest BCUT2D eigenvalue weighted by molar-refractivity contribution is 7.90. The van der Waals surface area contributed by atoms with E-state index in [2.05, 4.69) is 12.3 Å². The molecule has 1 aromatic rings. The Labute approximate surface area is 109 Å². The molecule has 1 atom stereocenters. The Morgan fingerprint density at radius 3 is 2.61 bits per heavy atom. The van der Waals surface area contributed by atoms with E-state index in [1.54, 1.807) is 18.2 Å². The zero-order chi connectivity index (χ0) is 13.6. The van der Waals surface area contributed by atoms with Crippen LogP contribution in [0.1, 0.15) is 44.2 Å². The van der Waals surface area contributed by atoms with Crippen molar-refractivity contribution in [3.05, 3.63) is 29.8 Å². The molecule has 0 heterocycles. The molecule has 3 N–H and O–H groups in total. The number of hydrazine groups is 1. The molecule has 18 heavy (non-hydrogen) atoms. The summed E-state index contributed by atoms with van der Waals surface area (Å²) in [7, 11) is -3.16. The third kappa shape index (κ3) is 4.40. The van der Waals surface area contributed by atoms with Crippen molar-refractivity contribution in [2.75, 3.05) is 6.26 Å². The van der Waals surface area contributed by atoms with Gasteiger partial charge in [0.1, 0.15) is 0 Å². The van der Waals surface area contributed by atoms with Crippen molar-refractivity contribution in [1.82, 2.24) is 5.43 Å². The first-order chi connectivity index (χ1) is 8.49. The van der Waals surface area contributed by atoms with Crippen LogP contribution in [0.15, 0.2) is 29.2 Å². The van der Waals surface area contributed by atoms with E-state index in [0.29, 0.717) is 4.90 Å². The summed E-state index contributed by atoms with van der Waals surface area (Å²) in [5, 5.41) is 0. The summed E-state index contributed by atoms with van der Waals surface area (Å²) in [6, 6.07) is 6.99. The summed E-state index contributed by atoms with van der Waals surface area (Å²) in [4.78, 5) is 0.343. The van der Waals surface area contributed by atoms with E-state index in [0.717, 1.165) is 31.2 Å². The van der Waals surface area contributed by atoms with Gasteiger partial charge in [-0.2, -0.15) is 0 Å². The minimum atomic E-state index is -3.16. The number of benzene rings is 1. The number of unbranched alkanes of at least 4 members (excludes halogenated alkanes) is 2. The molecule has 0 aliphatic heterocycles. The van der Waals surface area contributed by atoms with Gasteiger partial charge in [-0.1, -0.05) is 38.3 Å². The molecule has 1 aromatic carbocycles. The summed E-state index contributed by atoms with van der Waals surface area (Å²) in [6.07, 6.45) is 5.52. The van der Waals surface area contributed by atoms with Gasteiger partial charge in [0.25, 0.3) is 0 Å². The van der Waals surface area contributed by atoms with Gasteiger partial charge in [-0.25, -0.2) is 8.42 Å². The van der Waals surface area contributed by atoms with Crippen molar-refractivity contribution in [3.63, 3.8) is 0 Å². The van der Waals surface area contributed by atoms with Crippen LogP contribution in [-0.4, -0.2) is 14.7 Å². The topological polar surface area (TPSA) is 72.2 Å². The van der Waals surface area contributed by atoms with Crippen molar-refractivity contribution in [3.8, 4) is 0 Å². The first kappa shape index (κ1) is 15.1. The lowest BCUT2D eigenvalue weighted by molar-refractivity contribution is 0.486. The molecule has 1 rings (SSSR count). The highest BCUT2D eigenvalue weighted by Gasteiger charge is 2.13. The summed E-state index contributed by atoms with van der Waals surface area (Å²) >= 11 is 0. The van der Waals surface area contributed by atoms with Gasteiger partial charge in [-0.3, -0.25) is 11.3 Å². The van der Waals surface area contributed by atoms with E-state index in [1.807, 2.05) is 6.07 Å².